The zero-order valence-electron chi connectivity index (χ0n) is 11.2. The molecule has 0 aliphatic carbocycles. The Kier molecular flexibility index (Phi) is 3.75. The maximum absolute atomic E-state index is 13.7. The van der Waals surface area contributed by atoms with Gasteiger partial charge in [-0.3, -0.25) is 9.67 Å². The lowest BCUT2D eigenvalue weighted by Gasteiger charge is -2.14. The molecule has 0 fully saturated rings. The molecule has 0 saturated heterocycles. The molecular formula is C16H14FN3O. The maximum atomic E-state index is 13.7. The first kappa shape index (κ1) is 13.5. The molecule has 0 bridgehead atoms. The molecule has 0 saturated carbocycles. The summed E-state index contributed by atoms with van der Waals surface area (Å²) in [6, 6.07) is 11.8. The molecule has 106 valence electrons. The van der Waals surface area contributed by atoms with Crippen LogP contribution in [0.3, 0.4) is 0 Å². The molecule has 4 nitrogen and oxygen atoms in total. The van der Waals surface area contributed by atoms with E-state index in [1.807, 2.05) is 18.2 Å². The highest BCUT2D eigenvalue weighted by Gasteiger charge is 2.15. The minimum absolute atomic E-state index is 0.186. The van der Waals surface area contributed by atoms with E-state index in [0.29, 0.717) is 0 Å². The molecule has 2 aromatic heterocycles. The number of aliphatic hydroxyl groups excluding tert-OH is 1. The van der Waals surface area contributed by atoms with Gasteiger partial charge in [-0.25, -0.2) is 4.39 Å². The van der Waals surface area contributed by atoms with E-state index in [9.17, 15) is 9.50 Å². The van der Waals surface area contributed by atoms with E-state index < -0.39 is 11.9 Å². The van der Waals surface area contributed by atoms with E-state index in [0.717, 1.165) is 11.3 Å². The number of hydrogen-bond acceptors (Lipinski definition) is 3. The molecule has 0 aliphatic rings. The normalized spacial score (nSPS) is 12.3. The highest BCUT2D eigenvalue weighted by atomic mass is 19.1. The smallest absolute Gasteiger partial charge is 0.129 e. The third-order valence-corrected chi connectivity index (χ3v) is 3.30. The molecule has 3 rings (SSSR count). The summed E-state index contributed by atoms with van der Waals surface area (Å²) >= 11 is 0. The number of hydrogen-bond donors (Lipinski definition) is 1. The Morgan fingerprint density at radius 3 is 2.57 bits per heavy atom. The van der Waals surface area contributed by atoms with Gasteiger partial charge in [0.15, 0.2) is 0 Å². The fraction of sp³-hybridized carbons (Fsp3) is 0.125. The van der Waals surface area contributed by atoms with E-state index in [1.54, 1.807) is 41.5 Å². The molecule has 3 aromatic rings. The minimum atomic E-state index is -0.952. The van der Waals surface area contributed by atoms with E-state index in [1.165, 1.54) is 6.07 Å². The van der Waals surface area contributed by atoms with Crippen molar-refractivity contribution in [2.75, 3.05) is 0 Å². The Bertz CT molecular complexity index is 727. The average molecular weight is 283 g/mol. The summed E-state index contributed by atoms with van der Waals surface area (Å²) in [4.78, 5) is 3.98. The van der Waals surface area contributed by atoms with Crippen molar-refractivity contribution in [3.63, 3.8) is 0 Å². The van der Waals surface area contributed by atoms with Gasteiger partial charge < -0.3 is 5.11 Å². The zero-order chi connectivity index (χ0) is 14.7. The van der Waals surface area contributed by atoms with Gasteiger partial charge in [0.25, 0.3) is 0 Å². The van der Waals surface area contributed by atoms with Crippen LogP contribution < -0.4 is 0 Å². The Labute approximate surface area is 121 Å². The first-order valence-corrected chi connectivity index (χ1v) is 6.60. The molecule has 21 heavy (non-hydrogen) atoms. The second-order valence-corrected chi connectivity index (χ2v) is 4.67. The lowest BCUT2D eigenvalue weighted by Crippen LogP contribution is -2.12. The fourth-order valence-electron chi connectivity index (χ4n) is 2.25. The SMILES string of the molecule is O[C@@H](Cn1nccc1-c1ccncc1)c1ccccc1F. The van der Waals surface area contributed by atoms with Gasteiger partial charge in [0.2, 0.25) is 0 Å². The van der Waals surface area contributed by atoms with Crippen LogP contribution in [0.4, 0.5) is 4.39 Å². The van der Waals surface area contributed by atoms with Crippen LogP contribution in [0.5, 0.6) is 0 Å². The number of benzene rings is 1. The molecule has 1 aromatic carbocycles. The number of pyridine rings is 1. The maximum Gasteiger partial charge on any atom is 0.129 e. The molecular weight excluding hydrogens is 269 g/mol. The van der Waals surface area contributed by atoms with Crippen LogP contribution in [0.1, 0.15) is 11.7 Å². The third-order valence-electron chi connectivity index (χ3n) is 3.30. The minimum Gasteiger partial charge on any atom is -0.386 e. The highest BCUT2D eigenvalue weighted by molar-refractivity contribution is 5.58. The number of nitrogens with zero attached hydrogens (tertiary/aromatic N) is 3. The van der Waals surface area contributed by atoms with Gasteiger partial charge in [0.1, 0.15) is 11.9 Å². The summed E-state index contributed by atoms with van der Waals surface area (Å²) in [7, 11) is 0. The number of aromatic nitrogens is 3. The van der Waals surface area contributed by atoms with Crippen LogP contribution in [0.15, 0.2) is 61.1 Å². The third kappa shape index (κ3) is 2.83. The molecule has 0 amide bonds. The van der Waals surface area contributed by atoms with Gasteiger partial charge in [-0.2, -0.15) is 5.10 Å². The second kappa shape index (κ2) is 5.85. The molecule has 1 N–H and O–H groups in total. The van der Waals surface area contributed by atoms with Gasteiger partial charge in [-0.05, 0) is 24.3 Å². The van der Waals surface area contributed by atoms with Crippen molar-refractivity contribution in [3.05, 3.63) is 72.4 Å². The van der Waals surface area contributed by atoms with Gasteiger partial charge >= 0.3 is 0 Å². The molecule has 0 spiro atoms. The Morgan fingerprint density at radius 1 is 1.05 bits per heavy atom. The summed E-state index contributed by atoms with van der Waals surface area (Å²) in [6.45, 7) is 0.186. The summed E-state index contributed by atoms with van der Waals surface area (Å²) in [6.07, 6.45) is 4.09. The predicted molar refractivity (Wildman–Crippen MR) is 76.8 cm³/mol. The lowest BCUT2D eigenvalue weighted by atomic mass is 10.1. The fourth-order valence-corrected chi connectivity index (χ4v) is 2.25. The molecule has 0 aliphatic heterocycles. The van der Waals surface area contributed by atoms with Crippen LogP contribution in [0, 0.1) is 5.82 Å². The van der Waals surface area contributed by atoms with Crippen LogP contribution in [0.2, 0.25) is 0 Å². The number of halogens is 1. The number of rotatable bonds is 4. The Morgan fingerprint density at radius 2 is 1.81 bits per heavy atom. The lowest BCUT2D eigenvalue weighted by molar-refractivity contribution is 0.148. The topological polar surface area (TPSA) is 50.9 Å². The Hall–Kier alpha value is -2.53. The van der Waals surface area contributed by atoms with Crippen molar-refractivity contribution in [3.8, 4) is 11.3 Å². The van der Waals surface area contributed by atoms with Crippen molar-refractivity contribution in [2.24, 2.45) is 0 Å². The number of aliphatic hydroxyl groups is 1. The van der Waals surface area contributed by atoms with E-state index >= 15 is 0 Å². The van der Waals surface area contributed by atoms with Crippen molar-refractivity contribution in [2.45, 2.75) is 12.6 Å². The van der Waals surface area contributed by atoms with E-state index in [4.69, 9.17) is 0 Å². The van der Waals surface area contributed by atoms with Gasteiger partial charge in [-0.15, -0.1) is 0 Å². The summed E-state index contributed by atoms with van der Waals surface area (Å²) in [5.41, 5.74) is 2.07. The van der Waals surface area contributed by atoms with Gasteiger partial charge in [0, 0.05) is 29.7 Å². The molecule has 0 unspecified atom stereocenters. The van der Waals surface area contributed by atoms with Gasteiger partial charge in [0.05, 0.1) is 12.2 Å². The first-order valence-electron chi connectivity index (χ1n) is 6.60. The van der Waals surface area contributed by atoms with Crippen LogP contribution >= 0.6 is 0 Å². The highest BCUT2D eigenvalue weighted by Crippen LogP contribution is 2.22. The van der Waals surface area contributed by atoms with Crippen molar-refractivity contribution >= 4 is 0 Å². The predicted octanol–water partition coefficient (Wildman–Crippen LogP) is 2.82. The largest absolute Gasteiger partial charge is 0.386 e. The summed E-state index contributed by atoms with van der Waals surface area (Å²) in [5, 5.41) is 14.4. The van der Waals surface area contributed by atoms with Crippen LogP contribution in [-0.2, 0) is 6.54 Å². The second-order valence-electron chi connectivity index (χ2n) is 4.67. The van der Waals surface area contributed by atoms with E-state index in [-0.39, 0.29) is 12.1 Å². The molecule has 2 heterocycles. The molecule has 0 radical (unpaired) electrons. The quantitative estimate of drug-likeness (QED) is 0.801. The van der Waals surface area contributed by atoms with Crippen LogP contribution in [-0.4, -0.2) is 19.9 Å². The standard InChI is InChI=1S/C16H14FN3O/c17-14-4-2-1-3-13(14)16(21)11-20-15(7-10-19-20)12-5-8-18-9-6-12/h1-10,16,21H,11H2/t16-/m0/s1. The van der Waals surface area contributed by atoms with Crippen LogP contribution in [0.25, 0.3) is 11.3 Å². The van der Waals surface area contributed by atoms with Crippen molar-refractivity contribution < 1.29 is 9.50 Å². The monoisotopic (exact) mass is 283 g/mol. The summed E-state index contributed by atoms with van der Waals surface area (Å²) < 4.78 is 15.4. The summed E-state index contributed by atoms with van der Waals surface area (Å²) in [5.74, 6) is -0.414. The first-order chi connectivity index (χ1) is 10.3. The molecule has 5 heteroatoms. The van der Waals surface area contributed by atoms with Crippen molar-refractivity contribution in [1.29, 1.82) is 0 Å². The average Bonchev–Trinajstić information content (AvgIpc) is 2.96. The van der Waals surface area contributed by atoms with Crippen molar-refractivity contribution in [1.82, 2.24) is 14.8 Å². The Balaban J connectivity index is 1.87. The zero-order valence-corrected chi connectivity index (χ0v) is 11.2. The van der Waals surface area contributed by atoms with Gasteiger partial charge in [-0.1, -0.05) is 18.2 Å². The molecule has 1 atom stereocenters. The van der Waals surface area contributed by atoms with E-state index in [2.05, 4.69) is 10.1 Å².